The van der Waals surface area contributed by atoms with Gasteiger partial charge < -0.3 is 4.74 Å². The van der Waals surface area contributed by atoms with Crippen LogP contribution in [0.25, 0.3) is 0 Å². The van der Waals surface area contributed by atoms with Gasteiger partial charge in [0.2, 0.25) is 0 Å². The van der Waals surface area contributed by atoms with Crippen LogP contribution in [0.4, 0.5) is 0 Å². The molecule has 6 heteroatoms. The summed E-state index contributed by atoms with van der Waals surface area (Å²) in [5, 5.41) is 4.66. The van der Waals surface area contributed by atoms with E-state index in [2.05, 4.69) is 10.5 Å². The molecule has 112 valence electrons. The van der Waals surface area contributed by atoms with Gasteiger partial charge in [0.15, 0.2) is 0 Å². The number of hydrogen-bond donors (Lipinski definition) is 1. The molecule has 5 nitrogen and oxygen atoms in total. The zero-order valence-electron chi connectivity index (χ0n) is 11.8. The minimum Gasteiger partial charge on any atom is -0.465 e. The van der Waals surface area contributed by atoms with Crippen molar-refractivity contribution in [3.05, 3.63) is 34.9 Å². The Hall–Kier alpha value is -1.88. The Balaban J connectivity index is 2.00. The highest BCUT2D eigenvalue weighted by atomic mass is 35.5. The number of rotatable bonds is 4. The standard InChI is InChI=1S/C15H17ClN2O3/c1-2-21-15(20)12-4-3-5-13(12)17-18-14(19)10-6-8-11(16)9-7-10/h6-9,12H,2-5H2,1H3,(H,18,19). The SMILES string of the molecule is CCOC(=O)C1CCCC1=NNC(=O)c1ccc(Cl)cc1. The van der Waals surface area contributed by atoms with Gasteiger partial charge in [-0.1, -0.05) is 11.6 Å². The van der Waals surface area contributed by atoms with E-state index in [1.165, 1.54) is 0 Å². The second kappa shape index (κ2) is 7.22. The van der Waals surface area contributed by atoms with Crippen LogP contribution >= 0.6 is 11.6 Å². The fourth-order valence-electron chi connectivity index (χ4n) is 2.25. The Kier molecular flexibility index (Phi) is 5.33. The van der Waals surface area contributed by atoms with Gasteiger partial charge in [0.1, 0.15) is 0 Å². The molecule has 1 aliphatic carbocycles. The number of nitrogens with zero attached hydrogens (tertiary/aromatic N) is 1. The molecule has 1 saturated carbocycles. The quantitative estimate of drug-likeness (QED) is 0.687. The summed E-state index contributed by atoms with van der Waals surface area (Å²) < 4.78 is 5.01. The summed E-state index contributed by atoms with van der Waals surface area (Å²) in [6, 6.07) is 6.52. The van der Waals surface area contributed by atoms with Crippen molar-refractivity contribution in [3.8, 4) is 0 Å². The van der Waals surface area contributed by atoms with Crippen LogP contribution in [-0.4, -0.2) is 24.2 Å². The summed E-state index contributed by atoms with van der Waals surface area (Å²) in [6.07, 6.45) is 2.29. The largest absolute Gasteiger partial charge is 0.465 e. The van der Waals surface area contributed by atoms with E-state index in [-0.39, 0.29) is 17.8 Å². The third kappa shape index (κ3) is 4.04. The molecular weight excluding hydrogens is 292 g/mol. The molecule has 0 spiro atoms. The van der Waals surface area contributed by atoms with Crippen molar-refractivity contribution in [1.29, 1.82) is 0 Å². The fraction of sp³-hybridized carbons (Fsp3) is 0.400. The number of halogens is 1. The molecule has 0 aliphatic heterocycles. The number of ether oxygens (including phenoxy) is 1. The van der Waals surface area contributed by atoms with E-state index in [1.807, 2.05) is 0 Å². The number of benzene rings is 1. The van der Waals surface area contributed by atoms with Crippen LogP contribution in [-0.2, 0) is 9.53 Å². The Bertz CT molecular complexity index is 555. The Labute approximate surface area is 128 Å². The highest BCUT2D eigenvalue weighted by Crippen LogP contribution is 2.23. The molecule has 0 heterocycles. The van der Waals surface area contributed by atoms with Gasteiger partial charge in [-0.2, -0.15) is 5.10 Å². The molecule has 1 aromatic carbocycles. The van der Waals surface area contributed by atoms with Crippen LogP contribution in [0.15, 0.2) is 29.4 Å². The number of carbonyl (C=O) groups excluding carboxylic acids is 2. The molecule has 21 heavy (non-hydrogen) atoms. The van der Waals surface area contributed by atoms with E-state index in [1.54, 1.807) is 31.2 Å². The molecule has 1 aromatic rings. The zero-order chi connectivity index (χ0) is 15.2. The van der Waals surface area contributed by atoms with Crippen molar-refractivity contribution in [2.75, 3.05) is 6.61 Å². The maximum absolute atomic E-state index is 11.9. The van der Waals surface area contributed by atoms with Gasteiger partial charge in [0, 0.05) is 10.6 Å². The number of nitrogens with one attached hydrogen (secondary N) is 1. The summed E-state index contributed by atoms with van der Waals surface area (Å²) in [5.74, 6) is -0.932. The van der Waals surface area contributed by atoms with Crippen molar-refractivity contribution < 1.29 is 14.3 Å². The zero-order valence-corrected chi connectivity index (χ0v) is 12.5. The predicted octanol–water partition coefficient (Wildman–Crippen LogP) is 2.79. The van der Waals surface area contributed by atoms with E-state index in [0.717, 1.165) is 6.42 Å². The molecule has 2 rings (SSSR count). The Morgan fingerprint density at radius 1 is 1.38 bits per heavy atom. The van der Waals surface area contributed by atoms with E-state index in [9.17, 15) is 9.59 Å². The maximum atomic E-state index is 11.9. The number of esters is 1. The third-order valence-corrected chi connectivity index (χ3v) is 3.56. The van der Waals surface area contributed by atoms with Gasteiger partial charge in [-0.05, 0) is 50.5 Å². The van der Waals surface area contributed by atoms with E-state index < -0.39 is 0 Å². The molecule has 1 N–H and O–H groups in total. The molecule has 1 amide bonds. The molecule has 1 fully saturated rings. The van der Waals surface area contributed by atoms with Crippen LogP contribution in [0.1, 0.15) is 36.5 Å². The van der Waals surface area contributed by atoms with E-state index >= 15 is 0 Å². The number of hydrazone groups is 1. The number of carbonyl (C=O) groups is 2. The normalized spacial score (nSPS) is 19.5. The maximum Gasteiger partial charge on any atom is 0.314 e. The van der Waals surface area contributed by atoms with Crippen LogP contribution in [0.3, 0.4) is 0 Å². The minimum absolute atomic E-state index is 0.269. The number of hydrogen-bond acceptors (Lipinski definition) is 4. The van der Waals surface area contributed by atoms with Crippen molar-refractivity contribution in [3.63, 3.8) is 0 Å². The van der Waals surface area contributed by atoms with Gasteiger partial charge in [0.05, 0.1) is 18.2 Å². The molecule has 1 atom stereocenters. The van der Waals surface area contributed by atoms with Crippen molar-refractivity contribution in [1.82, 2.24) is 5.43 Å². The lowest BCUT2D eigenvalue weighted by Gasteiger charge is -2.10. The van der Waals surface area contributed by atoms with Gasteiger partial charge >= 0.3 is 5.97 Å². The predicted molar refractivity (Wildman–Crippen MR) is 80.3 cm³/mol. The van der Waals surface area contributed by atoms with Crippen LogP contribution < -0.4 is 5.43 Å². The van der Waals surface area contributed by atoms with Crippen molar-refractivity contribution in [2.24, 2.45) is 11.0 Å². The molecule has 1 unspecified atom stereocenters. The highest BCUT2D eigenvalue weighted by molar-refractivity contribution is 6.30. The molecule has 0 saturated heterocycles. The topological polar surface area (TPSA) is 67.8 Å². The highest BCUT2D eigenvalue weighted by Gasteiger charge is 2.30. The summed E-state index contributed by atoms with van der Waals surface area (Å²) in [6.45, 7) is 2.12. The summed E-state index contributed by atoms with van der Waals surface area (Å²) >= 11 is 5.77. The third-order valence-electron chi connectivity index (χ3n) is 3.31. The second-order valence-corrected chi connectivity index (χ2v) is 5.18. The first-order valence-electron chi connectivity index (χ1n) is 6.90. The van der Waals surface area contributed by atoms with E-state index in [4.69, 9.17) is 16.3 Å². The smallest absolute Gasteiger partial charge is 0.314 e. The lowest BCUT2D eigenvalue weighted by Crippen LogP contribution is -2.25. The van der Waals surface area contributed by atoms with E-state index in [0.29, 0.717) is 35.7 Å². The van der Waals surface area contributed by atoms with Gasteiger partial charge in [-0.15, -0.1) is 0 Å². The molecule has 1 aliphatic rings. The molecule has 0 aromatic heterocycles. The minimum atomic E-state index is -0.338. The first-order chi connectivity index (χ1) is 10.1. The van der Waals surface area contributed by atoms with Gasteiger partial charge in [0.25, 0.3) is 5.91 Å². The summed E-state index contributed by atoms with van der Waals surface area (Å²) in [5.41, 5.74) is 3.63. The first-order valence-corrected chi connectivity index (χ1v) is 7.28. The van der Waals surface area contributed by atoms with Crippen molar-refractivity contribution in [2.45, 2.75) is 26.2 Å². The monoisotopic (exact) mass is 308 g/mol. The van der Waals surface area contributed by atoms with Gasteiger partial charge in [-0.3, -0.25) is 9.59 Å². The summed E-state index contributed by atoms with van der Waals surface area (Å²) in [4.78, 5) is 23.7. The summed E-state index contributed by atoms with van der Waals surface area (Å²) in [7, 11) is 0. The average molecular weight is 309 g/mol. The van der Waals surface area contributed by atoms with Gasteiger partial charge in [-0.25, -0.2) is 5.43 Å². The average Bonchev–Trinajstić information content (AvgIpc) is 2.94. The Morgan fingerprint density at radius 3 is 2.76 bits per heavy atom. The van der Waals surface area contributed by atoms with Crippen LogP contribution in [0, 0.1) is 5.92 Å². The molecule has 0 bridgehead atoms. The van der Waals surface area contributed by atoms with Crippen LogP contribution in [0.2, 0.25) is 5.02 Å². The lowest BCUT2D eigenvalue weighted by atomic mass is 10.1. The Morgan fingerprint density at radius 2 is 2.10 bits per heavy atom. The van der Waals surface area contributed by atoms with Crippen molar-refractivity contribution >= 4 is 29.2 Å². The number of amides is 1. The van der Waals surface area contributed by atoms with Crippen LogP contribution in [0.5, 0.6) is 0 Å². The first kappa shape index (κ1) is 15.5. The fourth-order valence-corrected chi connectivity index (χ4v) is 2.37. The molecular formula is C15H17ClN2O3. The lowest BCUT2D eigenvalue weighted by molar-refractivity contribution is -0.145. The second-order valence-electron chi connectivity index (χ2n) is 4.75. The molecule has 0 radical (unpaired) electrons.